The lowest BCUT2D eigenvalue weighted by Crippen LogP contribution is -2.35. The van der Waals surface area contributed by atoms with Crippen LogP contribution in [0.4, 0.5) is 5.95 Å². The Morgan fingerprint density at radius 2 is 1.87 bits per heavy atom. The second-order valence-corrected chi connectivity index (χ2v) is 6.56. The van der Waals surface area contributed by atoms with Gasteiger partial charge in [0.1, 0.15) is 0 Å². The van der Waals surface area contributed by atoms with Crippen molar-refractivity contribution in [1.29, 1.82) is 0 Å². The number of hydrogen-bond donors (Lipinski definition) is 1. The molecule has 5 nitrogen and oxygen atoms in total. The summed E-state index contributed by atoms with van der Waals surface area (Å²) >= 11 is 7.40. The van der Waals surface area contributed by atoms with E-state index >= 15 is 0 Å². The summed E-state index contributed by atoms with van der Waals surface area (Å²) in [6, 6.07) is 9.42. The van der Waals surface area contributed by atoms with E-state index in [0.29, 0.717) is 17.4 Å². The molecule has 1 aromatic carbocycles. The van der Waals surface area contributed by atoms with Gasteiger partial charge in [-0.2, -0.15) is 5.01 Å². The summed E-state index contributed by atoms with van der Waals surface area (Å²) in [7, 11) is 0. The fourth-order valence-corrected chi connectivity index (χ4v) is 3.01. The van der Waals surface area contributed by atoms with Crippen molar-refractivity contribution in [1.82, 2.24) is 15.4 Å². The molecule has 1 fully saturated rings. The first-order chi connectivity index (χ1) is 11.0. The van der Waals surface area contributed by atoms with Crippen LogP contribution in [0, 0.1) is 13.8 Å². The Kier molecular flexibility index (Phi) is 4.54. The molecular formula is C16H15ClN4OS. The molecule has 0 radical (unpaired) electrons. The number of aromatic nitrogens is 2. The number of rotatable bonds is 3. The highest BCUT2D eigenvalue weighted by atomic mass is 35.5. The van der Waals surface area contributed by atoms with Crippen molar-refractivity contribution in [2.24, 2.45) is 0 Å². The number of carbonyl (C=O) groups is 1. The number of aryl methyl sites for hydroxylation is 2. The maximum absolute atomic E-state index is 12.2. The van der Waals surface area contributed by atoms with Crippen molar-refractivity contribution >= 4 is 35.2 Å². The second-order valence-electron chi connectivity index (χ2n) is 5.18. The van der Waals surface area contributed by atoms with Crippen LogP contribution in [0.25, 0.3) is 0 Å². The van der Waals surface area contributed by atoms with Gasteiger partial charge in [0.15, 0.2) is 0 Å². The molecule has 2 heterocycles. The maximum atomic E-state index is 12.2. The standard InChI is InChI=1S/C16H15ClN4OS/c1-10-7-11(2)19-16(18-10)21-15(22)8-13(20-21)9-23-14-5-3-12(17)4-6-14/h3-7,9,20H,8H2,1-2H3. The first-order valence-corrected chi connectivity index (χ1v) is 8.30. The summed E-state index contributed by atoms with van der Waals surface area (Å²) in [4.78, 5) is 21.9. The van der Waals surface area contributed by atoms with Crippen molar-refractivity contribution in [3.63, 3.8) is 0 Å². The predicted molar refractivity (Wildman–Crippen MR) is 92.1 cm³/mol. The molecule has 1 amide bonds. The number of anilines is 1. The monoisotopic (exact) mass is 346 g/mol. The van der Waals surface area contributed by atoms with Crippen LogP contribution >= 0.6 is 23.4 Å². The van der Waals surface area contributed by atoms with E-state index in [4.69, 9.17) is 11.6 Å². The van der Waals surface area contributed by atoms with E-state index in [2.05, 4.69) is 15.4 Å². The average molecular weight is 347 g/mol. The van der Waals surface area contributed by atoms with Gasteiger partial charge in [0.2, 0.25) is 0 Å². The van der Waals surface area contributed by atoms with Crippen molar-refractivity contribution in [3.8, 4) is 0 Å². The van der Waals surface area contributed by atoms with Crippen LogP contribution in [0.2, 0.25) is 5.02 Å². The summed E-state index contributed by atoms with van der Waals surface area (Å²) in [5.41, 5.74) is 5.54. The Balaban J connectivity index is 1.74. The number of halogens is 1. The third-order valence-corrected chi connectivity index (χ3v) is 4.37. The van der Waals surface area contributed by atoms with Crippen molar-refractivity contribution in [2.45, 2.75) is 25.2 Å². The Bertz CT molecular complexity index is 756. The highest BCUT2D eigenvalue weighted by molar-refractivity contribution is 8.02. The molecule has 0 spiro atoms. The van der Waals surface area contributed by atoms with Crippen LogP contribution in [-0.2, 0) is 4.79 Å². The summed E-state index contributed by atoms with van der Waals surface area (Å²) < 4.78 is 0. The zero-order valence-corrected chi connectivity index (χ0v) is 14.3. The van der Waals surface area contributed by atoms with E-state index < -0.39 is 0 Å². The third-order valence-electron chi connectivity index (χ3n) is 3.17. The van der Waals surface area contributed by atoms with E-state index in [1.165, 1.54) is 16.8 Å². The Morgan fingerprint density at radius 3 is 2.52 bits per heavy atom. The van der Waals surface area contributed by atoms with E-state index in [1.54, 1.807) is 0 Å². The number of nitrogens with one attached hydrogen (secondary N) is 1. The lowest BCUT2D eigenvalue weighted by Gasteiger charge is -2.14. The molecule has 0 unspecified atom stereocenters. The summed E-state index contributed by atoms with van der Waals surface area (Å²) in [5.74, 6) is 0.311. The topological polar surface area (TPSA) is 58.1 Å². The van der Waals surface area contributed by atoms with Crippen LogP contribution in [0.3, 0.4) is 0 Å². The SMILES string of the molecule is Cc1cc(C)nc(N2NC(=CSc3ccc(Cl)cc3)CC2=O)n1. The van der Waals surface area contributed by atoms with Gasteiger partial charge in [-0.25, -0.2) is 9.97 Å². The molecule has 3 rings (SSSR count). The molecule has 1 aromatic heterocycles. The molecule has 1 aliphatic rings. The number of benzene rings is 1. The van der Waals surface area contributed by atoms with Gasteiger partial charge in [0.25, 0.3) is 11.9 Å². The number of carbonyl (C=O) groups excluding carboxylic acids is 1. The quantitative estimate of drug-likeness (QED) is 0.860. The fourth-order valence-electron chi connectivity index (χ4n) is 2.18. The molecule has 0 atom stereocenters. The van der Waals surface area contributed by atoms with Gasteiger partial charge in [0.05, 0.1) is 6.42 Å². The van der Waals surface area contributed by atoms with Gasteiger partial charge in [-0.3, -0.25) is 10.2 Å². The summed E-state index contributed by atoms with van der Waals surface area (Å²) in [6.07, 6.45) is 0.303. The van der Waals surface area contributed by atoms with Crippen molar-refractivity contribution < 1.29 is 4.79 Å². The molecule has 1 N–H and O–H groups in total. The summed E-state index contributed by atoms with van der Waals surface area (Å²) in [5, 5.41) is 4.02. The first kappa shape index (κ1) is 15.8. The van der Waals surface area contributed by atoms with E-state index in [0.717, 1.165) is 22.0 Å². The highest BCUT2D eigenvalue weighted by Gasteiger charge is 2.27. The lowest BCUT2D eigenvalue weighted by atomic mass is 10.3. The Labute approximate surface area is 143 Å². The predicted octanol–water partition coefficient (Wildman–Crippen LogP) is 3.62. The average Bonchev–Trinajstić information content (AvgIpc) is 2.87. The van der Waals surface area contributed by atoms with E-state index in [-0.39, 0.29) is 5.91 Å². The molecule has 7 heteroatoms. The first-order valence-electron chi connectivity index (χ1n) is 7.04. The largest absolute Gasteiger partial charge is 0.292 e. The molecule has 23 heavy (non-hydrogen) atoms. The number of amides is 1. The van der Waals surface area contributed by atoms with Gasteiger partial charge in [-0.15, -0.1) is 0 Å². The number of thioether (sulfide) groups is 1. The number of hydrazine groups is 1. The molecule has 1 saturated heterocycles. The number of nitrogens with zero attached hydrogens (tertiary/aromatic N) is 3. The lowest BCUT2D eigenvalue weighted by molar-refractivity contribution is -0.117. The molecule has 1 aliphatic heterocycles. The molecule has 2 aromatic rings. The minimum atomic E-state index is -0.0713. The van der Waals surface area contributed by atoms with Gasteiger partial charge >= 0.3 is 0 Å². The molecular weight excluding hydrogens is 332 g/mol. The minimum absolute atomic E-state index is 0.0713. The molecule has 0 bridgehead atoms. The van der Waals surface area contributed by atoms with Crippen LogP contribution < -0.4 is 10.4 Å². The fraction of sp³-hybridized carbons (Fsp3) is 0.188. The molecule has 118 valence electrons. The zero-order valence-electron chi connectivity index (χ0n) is 12.7. The van der Waals surface area contributed by atoms with Crippen LogP contribution in [0.15, 0.2) is 46.3 Å². The normalized spacial score (nSPS) is 16.0. The molecule has 0 aliphatic carbocycles. The Morgan fingerprint density at radius 1 is 1.22 bits per heavy atom. The maximum Gasteiger partial charge on any atom is 0.254 e. The van der Waals surface area contributed by atoms with Crippen LogP contribution in [0.5, 0.6) is 0 Å². The van der Waals surface area contributed by atoms with E-state index in [1.807, 2.05) is 49.6 Å². The van der Waals surface area contributed by atoms with E-state index in [9.17, 15) is 4.79 Å². The van der Waals surface area contributed by atoms with Gasteiger partial charge in [-0.05, 0) is 49.6 Å². The third kappa shape index (κ3) is 3.83. The van der Waals surface area contributed by atoms with Gasteiger partial charge < -0.3 is 0 Å². The number of hydrogen-bond acceptors (Lipinski definition) is 5. The smallest absolute Gasteiger partial charge is 0.254 e. The molecule has 0 saturated carbocycles. The Hall–Kier alpha value is -2.05. The highest BCUT2D eigenvalue weighted by Crippen LogP contribution is 2.25. The van der Waals surface area contributed by atoms with Crippen molar-refractivity contribution in [3.05, 3.63) is 57.8 Å². The minimum Gasteiger partial charge on any atom is -0.292 e. The van der Waals surface area contributed by atoms with Gasteiger partial charge in [-0.1, -0.05) is 23.4 Å². The van der Waals surface area contributed by atoms with Gasteiger partial charge in [0, 0.05) is 27.0 Å². The van der Waals surface area contributed by atoms with Crippen molar-refractivity contribution in [2.75, 3.05) is 5.01 Å². The second kappa shape index (κ2) is 6.60. The zero-order chi connectivity index (χ0) is 16.4. The summed E-state index contributed by atoms with van der Waals surface area (Å²) in [6.45, 7) is 3.76. The van der Waals surface area contributed by atoms with Crippen LogP contribution in [-0.4, -0.2) is 15.9 Å². The van der Waals surface area contributed by atoms with Crippen LogP contribution in [0.1, 0.15) is 17.8 Å².